The Labute approximate surface area is 151 Å². The number of carboxylic acid groups (broad SMARTS) is 1. The first kappa shape index (κ1) is 15.8. The number of halogens is 1. The molecule has 3 heterocycles. The molecule has 1 amide bonds. The third-order valence-corrected chi connectivity index (χ3v) is 4.45. The number of hydrogen-bond acceptors (Lipinski definition) is 5. The fourth-order valence-corrected chi connectivity index (χ4v) is 2.85. The predicted molar refractivity (Wildman–Crippen MR) is 93.1 cm³/mol. The van der Waals surface area contributed by atoms with Crippen LogP contribution in [0.2, 0.25) is 0 Å². The van der Waals surface area contributed by atoms with Gasteiger partial charge in [-0.3, -0.25) is 9.88 Å². The summed E-state index contributed by atoms with van der Waals surface area (Å²) in [5.74, 6) is 1.58. The monoisotopic (exact) mass is 403 g/mol. The van der Waals surface area contributed by atoms with Gasteiger partial charge in [0.05, 0.1) is 16.9 Å². The van der Waals surface area contributed by atoms with Crippen molar-refractivity contribution < 1.29 is 14.6 Å². The van der Waals surface area contributed by atoms with Crippen molar-refractivity contribution in [1.29, 1.82) is 0 Å². The molecule has 0 spiro atoms. The van der Waals surface area contributed by atoms with Gasteiger partial charge < -0.3 is 9.84 Å². The lowest BCUT2D eigenvalue weighted by Crippen LogP contribution is -2.33. The molecule has 0 radical (unpaired) electrons. The van der Waals surface area contributed by atoms with Gasteiger partial charge in [0.1, 0.15) is 11.6 Å². The zero-order valence-electron chi connectivity index (χ0n) is 13.0. The minimum absolute atomic E-state index is 0.277. The number of amides is 1. The normalized spacial score (nSPS) is 13.8. The molecule has 1 N–H and O–H groups in total. The Morgan fingerprint density at radius 3 is 2.96 bits per heavy atom. The van der Waals surface area contributed by atoms with Gasteiger partial charge in [0.2, 0.25) is 5.88 Å². The molecule has 1 fully saturated rings. The van der Waals surface area contributed by atoms with Gasteiger partial charge in [-0.1, -0.05) is 0 Å². The zero-order chi connectivity index (χ0) is 17.4. The van der Waals surface area contributed by atoms with E-state index < -0.39 is 6.09 Å². The number of rotatable bonds is 5. The second-order valence-electron chi connectivity index (χ2n) is 5.81. The van der Waals surface area contributed by atoms with Gasteiger partial charge in [0.15, 0.2) is 5.65 Å². The Hall–Kier alpha value is -2.68. The van der Waals surface area contributed by atoms with E-state index in [-0.39, 0.29) is 5.88 Å². The number of aromatic nitrogens is 4. The Morgan fingerprint density at radius 2 is 2.28 bits per heavy atom. The van der Waals surface area contributed by atoms with E-state index in [1.165, 1.54) is 9.42 Å². The fraction of sp³-hybridized carbons (Fsp3) is 0.250. The second kappa shape index (κ2) is 6.32. The van der Waals surface area contributed by atoms with Gasteiger partial charge in [-0.25, -0.2) is 4.79 Å². The van der Waals surface area contributed by atoms with E-state index in [2.05, 4.69) is 31.0 Å². The quantitative estimate of drug-likeness (QED) is 0.699. The number of ether oxygens (including phenoxy) is 1. The molecular formula is C16H14BrN5O3. The van der Waals surface area contributed by atoms with Crippen LogP contribution in [0.1, 0.15) is 12.8 Å². The van der Waals surface area contributed by atoms with Crippen molar-refractivity contribution in [3.63, 3.8) is 0 Å². The molecule has 1 aliphatic carbocycles. The van der Waals surface area contributed by atoms with Crippen LogP contribution in [0.25, 0.3) is 5.65 Å². The van der Waals surface area contributed by atoms with E-state index in [4.69, 9.17) is 4.74 Å². The topological polar surface area (TPSA) is 92.8 Å². The summed E-state index contributed by atoms with van der Waals surface area (Å²) in [7, 11) is 0. The summed E-state index contributed by atoms with van der Waals surface area (Å²) in [6.07, 6.45) is 5.84. The van der Waals surface area contributed by atoms with E-state index in [1.54, 1.807) is 36.8 Å². The van der Waals surface area contributed by atoms with Crippen LogP contribution in [0.5, 0.6) is 11.6 Å². The third kappa shape index (κ3) is 3.27. The first-order valence-corrected chi connectivity index (χ1v) is 8.54. The van der Waals surface area contributed by atoms with Gasteiger partial charge in [-0.2, -0.15) is 14.6 Å². The number of hydrogen-bond donors (Lipinski definition) is 1. The van der Waals surface area contributed by atoms with Crippen molar-refractivity contribution in [3.05, 3.63) is 41.3 Å². The lowest BCUT2D eigenvalue weighted by molar-refractivity contribution is 0.201. The van der Waals surface area contributed by atoms with E-state index in [9.17, 15) is 9.90 Å². The van der Waals surface area contributed by atoms with Crippen molar-refractivity contribution in [2.45, 2.75) is 12.8 Å². The Bertz CT molecular complexity index is 926. The van der Waals surface area contributed by atoms with Crippen molar-refractivity contribution >= 4 is 33.5 Å². The summed E-state index contributed by atoms with van der Waals surface area (Å²) in [6, 6.07) is 5.08. The van der Waals surface area contributed by atoms with Crippen LogP contribution in [0, 0.1) is 5.92 Å². The van der Waals surface area contributed by atoms with Gasteiger partial charge in [0, 0.05) is 18.8 Å². The highest BCUT2D eigenvalue weighted by Crippen LogP contribution is 2.33. The number of fused-ring (bicyclic) bond motifs is 1. The van der Waals surface area contributed by atoms with Crippen LogP contribution >= 0.6 is 15.9 Å². The molecular weight excluding hydrogens is 390 g/mol. The summed E-state index contributed by atoms with van der Waals surface area (Å²) >= 11 is 3.39. The SMILES string of the molecule is O=C(O)N(CC1CC1)c1cc(Oc2cccnc2)nc2c(Br)cnn12. The number of anilines is 1. The van der Waals surface area contributed by atoms with Crippen LogP contribution in [0.4, 0.5) is 10.6 Å². The molecule has 0 aliphatic heterocycles. The van der Waals surface area contributed by atoms with Crippen molar-refractivity contribution in [2.24, 2.45) is 5.92 Å². The Balaban J connectivity index is 1.79. The molecule has 3 aromatic heterocycles. The second-order valence-corrected chi connectivity index (χ2v) is 6.66. The standard InChI is InChI=1S/C16H14BrN5O3/c17-12-8-19-22-14(21(16(23)24)9-10-3-4-10)6-13(20-15(12)22)25-11-2-1-5-18-7-11/h1-2,5-8,10H,3-4,9H2,(H,23,24). The molecule has 0 unspecified atom stereocenters. The molecule has 1 saturated carbocycles. The molecule has 0 atom stereocenters. The number of carbonyl (C=O) groups is 1. The van der Waals surface area contributed by atoms with Crippen molar-refractivity contribution in [1.82, 2.24) is 19.6 Å². The Kier molecular flexibility index (Phi) is 4.00. The van der Waals surface area contributed by atoms with Crippen LogP contribution in [-0.4, -0.2) is 37.3 Å². The summed E-state index contributed by atoms with van der Waals surface area (Å²) in [5, 5.41) is 13.9. The van der Waals surface area contributed by atoms with Gasteiger partial charge in [-0.15, -0.1) is 0 Å². The number of nitrogens with zero attached hydrogens (tertiary/aromatic N) is 5. The number of pyridine rings is 1. The average molecular weight is 404 g/mol. The lowest BCUT2D eigenvalue weighted by Gasteiger charge is -2.20. The lowest BCUT2D eigenvalue weighted by atomic mass is 10.3. The highest BCUT2D eigenvalue weighted by molar-refractivity contribution is 9.10. The highest BCUT2D eigenvalue weighted by atomic mass is 79.9. The predicted octanol–water partition coefficient (Wildman–Crippen LogP) is 3.57. The summed E-state index contributed by atoms with van der Waals surface area (Å²) in [5.41, 5.74) is 0.485. The molecule has 0 bridgehead atoms. The van der Waals surface area contributed by atoms with Gasteiger partial charge in [0.25, 0.3) is 0 Å². The van der Waals surface area contributed by atoms with Crippen LogP contribution in [-0.2, 0) is 0 Å². The van der Waals surface area contributed by atoms with E-state index in [1.807, 2.05) is 0 Å². The maximum atomic E-state index is 11.8. The molecule has 9 heteroatoms. The summed E-state index contributed by atoms with van der Waals surface area (Å²) in [6.45, 7) is 0.429. The van der Waals surface area contributed by atoms with Crippen molar-refractivity contribution in [2.75, 3.05) is 11.4 Å². The molecule has 25 heavy (non-hydrogen) atoms. The fourth-order valence-electron chi connectivity index (χ4n) is 2.50. The largest absolute Gasteiger partial charge is 0.465 e. The van der Waals surface area contributed by atoms with Gasteiger partial charge >= 0.3 is 6.09 Å². The van der Waals surface area contributed by atoms with Crippen LogP contribution < -0.4 is 9.64 Å². The van der Waals surface area contributed by atoms with Gasteiger partial charge in [-0.05, 0) is 46.8 Å². The molecule has 0 aromatic carbocycles. The summed E-state index contributed by atoms with van der Waals surface area (Å²) in [4.78, 5) is 21.5. The minimum atomic E-state index is -1.03. The first-order chi connectivity index (χ1) is 12.1. The molecule has 1 aliphatic rings. The van der Waals surface area contributed by atoms with E-state index >= 15 is 0 Å². The van der Waals surface area contributed by atoms with Crippen LogP contribution in [0.3, 0.4) is 0 Å². The zero-order valence-corrected chi connectivity index (χ0v) is 14.6. The first-order valence-electron chi connectivity index (χ1n) is 7.74. The highest BCUT2D eigenvalue weighted by Gasteiger charge is 2.29. The minimum Gasteiger partial charge on any atom is -0.465 e. The van der Waals surface area contributed by atoms with E-state index in [0.29, 0.717) is 34.1 Å². The molecule has 8 nitrogen and oxygen atoms in total. The molecule has 0 saturated heterocycles. The molecule has 3 aromatic rings. The molecule has 4 rings (SSSR count). The summed E-state index contributed by atoms with van der Waals surface area (Å²) < 4.78 is 7.90. The average Bonchev–Trinajstić information content (AvgIpc) is 3.35. The van der Waals surface area contributed by atoms with E-state index in [0.717, 1.165) is 12.8 Å². The Morgan fingerprint density at radius 1 is 1.44 bits per heavy atom. The maximum Gasteiger partial charge on any atom is 0.413 e. The maximum absolute atomic E-state index is 11.8. The van der Waals surface area contributed by atoms with Crippen molar-refractivity contribution in [3.8, 4) is 11.6 Å². The smallest absolute Gasteiger partial charge is 0.413 e. The molecule has 128 valence electrons. The van der Waals surface area contributed by atoms with Crippen LogP contribution in [0.15, 0.2) is 41.3 Å². The third-order valence-electron chi connectivity index (χ3n) is 3.89.